The minimum Gasteiger partial charge on any atom is -0.499 e. The van der Waals surface area contributed by atoms with Gasteiger partial charge in [-0.05, 0) is 37.1 Å². The standard InChI is InChI=1S/C34H46N4O5/c1-22(2)30(35-32(40)31(23(3)4)36(5)6)34(42)37(7)27(20-25-17-13-10-14-18-25)33(41)38-26(28(43-8)21-29(38)39)19-24-15-11-9-12-16-24/h9-18,21-23,26-27,30-31H,19-20H2,1-8H3,(H,35,40)/t26-,27-,30-,31-/m0/s1. The molecule has 0 fully saturated rings. The Labute approximate surface area is 255 Å². The highest BCUT2D eigenvalue weighted by molar-refractivity contribution is 6.06. The van der Waals surface area contributed by atoms with Crippen LogP contribution >= 0.6 is 0 Å². The summed E-state index contributed by atoms with van der Waals surface area (Å²) in [5.41, 5.74) is 1.78. The predicted molar refractivity (Wildman–Crippen MR) is 167 cm³/mol. The van der Waals surface area contributed by atoms with E-state index in [0.29, 0.717) is 12.2 Å². The monoisotopic (exact) mass is 590 g/mol. The minimum atomic E-state index is -1.00. The minimum absolute atomic E-state index is 0.0215. The number of carbonyl (C=O) groups excluding carboxylic acids is 4. The molecule has 9 nitrogen and oxygen atoms in total. The van der Waals surface area contributed by atoms with Crippen molar-refractivity contribution in [2.45, 2.75) is 64.7 Å². The lowest BCUT2D eigenvalue weighted by Gasteiger charge is -2.36. The first kappa shape index (κ1) is 33.5. The molecule has 1 heterocycles. The summed E-state index contributed by atoms with van der Waals surface area (Å²) >= 11 is 0. The van der Waals surface area contributed by atoms with Gasteiger partial charge in [0.15, 0.2) is 0 Å². The fourth-order valence-corrected chi connectivity index (χ4v) is 5.70. The molecule has 9 heteroatoms. The number of ether oxygens (including phenoxy) is 1. The third kappa shape index (κ3) is 8.10. The van der Waals surface area contributed by atoms with E-state index in [9.17, 15) is 19.2 Å². The molecule has 1 aliphatic heterocycles. The first-order valence-electron chi connectivity index (χ1n) is 14.8. The number of nitrogens with one attached hydrogen (secondary N) is 1. The summed E-state index contributed by atoms with van der Waals surface area (Å²) in [7, 11) is 6.71. The van der Waals surface area contributed by atoms with E-state index in [-0.39, 0.29) is 24.2 Å². The van der Waals surface area contributed by atoms with E-state index < -0.39 is 41.9 Å². The zero-order chi connectivity index (χ0) is 31.8. The van der Waals surface area contributed by atoms with Crippen LogP contribution in [0.15, 0.2) is 72.5 Å². The maximum Gasteiger partial charge on any atom is 0.257 e. The molecule has 0 aromatic heterocycles. The maximum atomic E-state index is 14.4. The molecular formula is C34H46N4O5. The Morgan fingerprint density at radius 3 is 1.93 bits per heavy atom. The number of likely N-dealkylation sites (N-methyl/N-ethyl adjacent to an activating group) is 2. The van der Waals surface area contributed by atoms with Crippen molar-refractivity contribution in [2.24, 2.45) is 11.8 Å². The fourth-order valence-electron chi connectivity index (χ4n) is 5.70. The number of carbonyl (C=O) groups is 4. The first-order valence-corrected chi connectivity index (χ1v) is 14.8. The molecule has 2 aromatic carbocycles. The van der Waals surface area contributed by atoms with Crippen molar-refractivity contribution in [1.82, 2.24) is 20.0 Å². The molecule has 1 aliphatic rings. The molecule has 232 valence electrons. The lowest BCUT2D eigenvalue weighted by Crippen LogP contribution is -2.60. The molecule has 3 rings (SSSR count). The average Bonchev–Trinajstić information content (AvgIpc) is 3.28. The molecule has 4 atom stereocenters. The maximum absolute atomic E-state index is 14.4. The Morgan fingerprint density at radius 2 is 1.44 bits per heavy atom. The second-order valence-corrected chi connectivity index (χ2v) is 12.0. The van der Waals surface area contributed by atoms with Crippen LogP contribution in [0.3, 0.4) is 0 Å². The van der Waals surface area contributed by atoms with Gasteiger partial charge >= 0.3 is 0 Å². The van der Waals surface area contributed by atoms with Gasteiger partial charge in [0.2, 0.25) is 11.8 Å². The molecule has 0 spiro atoms. The largest absolute Gasteiger partial charge is 0.499 e. The second-order valence-electron chi connectivity index (χ2n) is 12.0. The summed E-state index contributed by atoms with van der Waals surface area (Å²) < 4.78 is 5.54. The first-order chi connectivity index (χ1) is 20.4. The third-order valence-corrected chi connectivity index (χ3v) is 7.95. The predicted octanol–water partition coefficient (Wildman–Crippen LogP) is 3.29. The van der Waals surface area contributed by atoms with E-state index in [2.05, 4.69) is 5.32 Å². The Hall–Kier alpha value is -3.98. The number of hydrogen-bond acceptors (Lipinski definition) is 6. The van der Waals surface area contributed by atoms with Gasteiger partial charge < -0.3 is 15.0 Å². The molecule has 4 amide bonds. The molecule has 0 saturated heterocycles. The average molecular weight is 591 g/mol. The van der Waals surface area contributed by atoms with Crippen LogP contribution in [0, 0.1) is 11.8 Å². The van der Waals surface area contributed by atoms with Crippen LogP contribution in [0.5, 0.6) is 0 Å². The third-order valence-electron chi connectivity index (χ3n) is 7.95. The molecule has 0 unspecified atom stereocenters. The van der Waals surface area contributed by atoms with Crippen LogP contribution in [0.25, 0.3) is 0 Å². The van der Waals surface area contributed by atoms with Crippen molar-refractivity contribution in [3.05, 3.63) is 83.6 Å². The summed E-state index contributed by atoms with van der Waals surface area (Å²) in [5.74, 6) is -1.47. The molecule has 2 aromatic rings. The lowest BCUT2D eigenvalue weighted by atomic mass is 9.97. The Morgan fingerprint density at radius 1 is 0.884 bits per heavy atom. The SMILES string of the molecule is COC1=CC(=O)N(C(=O)[C@H](Cc2ccccc2)N(C)C(=O)[C@@H](NC(=O)[C@H](C(C)C)N(C)C)C(C)C)[C@H]1Cc1ccccc1. The van der Waals surface area contributed by atoms with E-state index in [1.165, 1.54) is 23.0 Å². The van der Waals surface area contributed by atoms with Gasteiger partial charge in [-0.2, -0.15) is 0 Å². The van der Waals surface area contributed by atoms with Gasteiger partial charge in [-0.1, -0.05) is 88.4 Å². The van der Waals surface area contributed by atoms with Crippen molar-refractivity contribution in [3.8, 4) is 0 Å². The number of methoxy groups -OCH3 is 1. The number of imide groups is 1. The Kier molecular flexibility index (Phi) is 11.7. The number of nitrogens with zero attached hydrogens (tertiary/aromatic N) is 3. The van der Waals surface area contributed by atoms with Crippen LogP contribution in [0.4, 0.5) is 0 Å². The smallest absolute Gasteiger partial charge is 0.257 e. The Balaban J connectivity index is 1.97. The zero-order valence-corrected chi connectivity index (χ0v) is 26.6. The van der Waals surface area contributed by atoms with E-state index in [1.807, 2.05) is 107 Å². The van der Waals surface area contributed by atoms with E-state index in [4.69, 9.17) is 4.74 Å². The highest BCUT2D eigenvalue weighted by Gasteiger charge is 2.44. The van der Waals surface area contributed by atoms with Gasteiger partial charge in [0.1, 0.15) is 23.9 Å². The van der Waals surface area contributed by atoms with Gasteiger partial charge in [-0.25, -0.2) is 0 Å². The summed E-state index contributed by atoms with van der Waals surface area (Å²) in [5, 5.41) is 2.96. The van der Waals surface area contributed by atoms with Crippen LogP contribution in [-0.2, 0) is 36.8 Å². The van der Waals surface area contributed by atoms with Crippen molar-refractivity contribution in [1.29, 1.82) is 0 Å². The van der Waals surface area contributed by atoms with Crippen LogP contribution in [-0.4, -0.2) is 90.7 Å². The highest BCUT2D eigenvalue weighted by atomic mass is 16.5. The van der Waals surface area contributed by atoms with Gasteiger partial charge in [-0.3, -0.25) is 29.0 Å². The zero-order valence-electron chi connectivity index (χ0n) is 26.6. The number of amides is 4. The van der Waals surface area contributed by atoms with E-state index in [0.717, 1.165) is 11.1 Å². The van der Waals surface area contributed by atoms with Crippen molar-refractivity contribution in [3.63, 3.8) is 0 Å². The summed E-state index contributed by atoms with van der Waals surface area (Å²) in [6.45, 7) is 7.63. The van der Waals surface area contributed by atoms with Crippen molar-refractivity contribution >= 4 is 23.6 Å². The molecule has 43 heavy (non-hydrogen) atoms. The van der Waals surface area contributed by atoms with Crippen molar-refractivity contribution < 1.29 is 23.9 Å². The fraction of sp³-hybridized carbons (Fsp3) is 0.471. The molecule has 0 aliphatic carbocycles. The van der Waals surface area contributed by atoms with E-state index in [1.54, 1.807) is 7.05 Å². The van der Waals surface area contributed by atoms with Gasteiger partial charge in [0, 0.05) is 26.0 Å². The van der Waals surface area contributed by atoms with Gasteiger partial charge in [-0.15, -0.1) is 0 Å². The Bertz CT molecular complexity index is 1280. The summed E-state index contributed by atoms with van der Waals surface area (Å²) in [6.07, 6.45) is 1.91. The normalized spacial score (nSPS) is 17.1. The van der Waals surface area contributed by atoms with Crippen LogP contribution in [0.2, 0.25) is 0 Å². The number of hydrogen-bond donors (Lipinski definition) is 1. The van der Waals surface area contributed by atoms with Gasteiger partial charge in [0.05, 0.1) is 13.2 Å². The quantitative estimate of drug-likeness (QED) is 0.385. The second kappa shape index (κ2) is 15.0. The highest BCUT2D eigenvalue weighted by Crippen LogP contribution is 2.27. The molecule has 1 N–H and O–H groups in total. The number of benzene rings is 2. The summed E-state index contributed by atoms with van der Waals surface area (Å²) in [4.78, 5) is 59.6. The molecule has 0 radical (unpaired) electrons. The van der Waals surface area contributed by atoms with Crippen LogP contribution in [0.1, 0.15) is 38.8 Å². The molecular weight excluding hydrogens is 544 g/mol. The molecule has 0 bridgehead atoms. The topological polar surface area (TPSA) is 99.3 Å². The van der Waals surface area contributed by atoms with Gasteiger partial charge in [0.25, 0.3) is 11.8 Å². The molecule has 0 saturated carbocycles. The van der Waals surface area contributed by atoms with E-state index >= 15 is 0 Å². The van der Waals surface area contributed by atoms with Crippen LogP contribution < -0.4 is 5.32 Å². The van der Waals surface area contributed by atoms with Crippen molar-refractivity contribution in [2.75, 3.05) is 28.3 Å². The summed E-state index contributed by atoms with van der Waals surface area (Å²) in [6, 6.07) is 16.0. The number of rotatable bonds is 13. The lowest BCUT2D eigenvalue weighted by molar-refractivity contribution is -0.152.